The fourth-order valence-electron chi connectivity index (χ4n) is 2.90. The number of hydrogen-bond acceptors (Lipinski definition) is 4. The fraction of sp³-hybridized carbons (Fsp3) is 0.471. The average molecular weight is 314 g/mol. The average Bonchev–Trinajstić information content (AvgIpc) is 3.19. The molecule has 2 N–H and O–H groups in total. The van der Waals surface area contributed by atoms with Gasteiger partial charge in [-0.15, -0.1) is 0 Å². The summed E-state index contributed by atoms with van der Waals surface area (Å²) in [5.74, 6) is 0.134. The SMILES string of the molecule is CCCc1cc(C(=O)N[C@@H]2COC[C@H]2Cc2ccncc2)n[nH]1. The first kappa shape index (κ1) is 15.7. The number of carbonyl (C=O) groups excluding carboxylic acids is 1. The smallest absolute Gasteiger partial charge is 0.272 e. The monoisotopic (exact) mass is 314 g/mol. The van der Waals surface area contributed by atoms with Crippen LogP contribution in [0.3, 0.4) is 0 Å². The van der Waals surface area contributed by atoms with Crippen LogP contribution in [-0.4, -0.2) is 40.3 Å². The molecule has 1 fully saturated rings. The first-order valence-electron chi connectivity index (χ1n) is 8.08. The number of ether oxygens (including phenoxy) is 1. The van der Waals surface area contributed by atoms with Crippen LogP contribution in [0, 0.1) is 5.92 Å². The van der Waals surface area contributed by atoms with Crippen LogP contribution in [0.4, 0.5) is 0 Å². The molecule has 2 aromatic heterocycles. The molecule has 1 aliphatic heterocycles. The second kappa shape index (κ2) is 7.37. The minimum atomic E-state index is -0.140. The molecule has 1 amide bonds. The Kier molecular flexibility index (Phi) is 5.02. The number of nitrogens with zero attached hydrogens (tertiary/aromatic N) is 2. The molecule has 0 spiro atoms. The fourth-order valence-corrected chi connectivity index (χ4v) is 2.90. The molecule has 23 heavy (non-hydrogen) atoms. The minimum absolute atomic E-state index is 0.0157. The molecule has 1 saturated heterocycles. The molecule has 2 atom stereocenters. The van der Waals surface area contributed by atoms with E-state index in [1.807, 2.05) is 18.2 Å². The largest absolute Gasteiger partial charge is 0.379 e. The third-order valence-electron chi connectivity index (χ3n) is 4.14. The molecule has 0 saturated carbocycles. The Morgan fingerprint density at radius 1 is 1.39 bits per heavy atom. The van der Waals surface area contributed by atoms with Crippen LogP contribution in [0.5, 0.6) is 0 Å². The highest BCUT2D eigenvalue weighted by Gasteiger charge is 2.30. The van der Waals surface area contributed by atoms with E-state index in [1.165, 1.54) is 5.56 Å². The lowest BCUT2D eigenvalue weighted by Crippen LogP contribution is -2.40. The topological polar surface area (TPSA) is 79.9 Å². The van der Waals surface area contributed by atoms with Gasteiger partial charge in [-0.1, -0.05) is 13.3 Å². The lowest BCUT2D eigenvalue weighted by Gasteiger charge is -2.18. The molecule has 3 rings (SSSR count). The van der Waals surface area contributed by atoms with Crippen molar-refractivity contribution in [1.29, 1.82) is 0 Å². The van der Waals surface area contributed by atoms with Gasteiger partial charge in [-0.2, -0.15) is 5.10 Å². The normalized spacial score (nSPS) is 20.6. The van der Waals surface area contributed by atoms with Crippen molar-refractivity contribution < 1.29 is 9.53 Å². The molecule has 0 radical (unpaired) electrons. The molecule has 6 heteroatoms. The Morgan fingerprint density at radius 3 is 3.00 bits per heavy atom. The van der Waals surface area contributed by atoms with Crippen molar-refractivity contribution in [3.63, 3.8) is 0 Å². The van der Waals surface area contributed by atoms with Gasteiger partial charge in [-0.25, -0.2) is 0 Å². The van der Waals surface area contributed by atoms with E-state index in [0.29, 0.717) is 18.9 Å². The maximum Gasteiger partial charge on any atom is 0.272 e. The van der Waals surface area contributed by atoms with Gasteiger partial charge in [0.25, 0.3) is 5.91 Å². The van der Waals surface area contributed by atoms with E-state index >= 15 is 0 Å². The minimum Gasteiger partial charge on any atom is -0.379 e. The van der Waals surface area contributed by atoms with Crippen molar-refractivity contribution in [2.45, 2.75) is 32.2 Å². The second-order valence-electron chi connectivity index (χ2n) is 5.97. The van der Waals surface area contributed by atoms with Crippen molar-refractivity contribution in [2.24, 2.45) is 5.92 Å². The molecule has 0 bridgehead atoms. The van der Waals surface area contributed by atoms with Crippen LogP contribution in [0.2, 0.25) is 0 Å². The summed E-state index contributed by atoms with van der Waals surface area (Å²) in [7, 11) is 0. The number of rotatable bonds is 6. The summed E-state index contributed by atoms with van der Waals surface area (Å²) in [6, 6.07) is 5.85. The first-order chi connectivity index (χ1) is 11.3. The molecule has 0 aliphatic carbocycles. The van der Waals surface area contributed by atoms with Gasteiger partial charge < -0.3 is 10.1 Å². The molecular formula is C17H22N4O2. The number of pyridine rings is 1. The van der Waals surface area contributed by atoms with Crippen molar-refractivity contribution >= 4 is 5.91 Å². The molecule has 0 unspecified atom stereocenters. The number of aromatic nitrogens is 3. The van der Waals surface area contributed by atoms with Gasteiger partial charge in [0.2, 0.25) is 0 Å². The Balaban J connectivity index is 1.60. The molecule has 2 aromatic rings. The molecule has 1 aliphatic rings. The third-order valence-corrected chi connectivity index (χ3v) is 4.14. The van der Waals surface area contributed by atoms with Gasteiger partial charge in [0.1, 0.15) is 5.69 Å². The number of nitrogens with one attached hydrogen (secondary N) is 2. The Morgan fingerprint density at radius 2 is 2.22 bits per heavy atom. The van der Waals surface area contributed by atoms with Gasteiger partial charge in [-0.3, -0.25) is 14.9 Å². The van der Waals surface area contributed by atoms with Crippen LogP contribution >= 0.6 is 0 Å². The highest BCUT2D eigenvalue weighted by molar-refractivity contribution is 5.92. The summed E-state index contributed by atoms with van der Waals surface area (Å²) in [5, 5.41) is 10.1. The zero-order valence-corrected chi connectivity index (χ0v) is 13.3. The molecule has 0 aromatic carbocycles. The Bertz CT molecular complexity index is 641. The maximum atomic E-state index is 12.4. The number of H-pyrrole nitrogens is 1. The quantitative estimate of drug-likeness (QED) is 0.851. The van der Waals surface area contributed by atoms with Crippen LogP contribution < -0.4 is 5.32 Å². The summed E-state index contributed by atoms with van der Waals surface area (Å²) < 4.78 is 5.56. The van der Waals surface area contributed by atoms with Crippen molar-refractivity contribution in [3.8, 4) is 0 Å². The highest BCUT2D eigenvalue weighted by Crippen LogP contribution is 2.19. The number of hydrogen-bond donors (Lipinski definition) is 2. The van der Waals surface area contributed by atoms with Crippen molar-refractivity contribution in [3.05, 3.63) is 47.5 Å². The van der Waals surface area contributed by atoms with E-state index < -0.39 is 0 Å². The Labute approximate surface area is 135 Å². The number of carbonyl (C=O) groups is 1. The number of aryl methyl sites for hydroxylation is 1. The van der Waals surface area contributed by atoms with Crippen LogP contribution in [0.25, 0.3) is 0 Å². The summed E-state index contributed by atoms with van der Waals surface area (Å²) >= 11 is 0. The predicted molar refractivity (Wildman–Crippen MR) is 86.1 cm³/mol. The van der Waals surface area contributed by atoms with Gasteiger partial charge in [-0.05, 0) is 36.6 Å². The van der Waals surface area contributed by atoms with Crippen molar-refractivity contribution in [2.75, 3.05) is 13.2 Å². The molecule has 122 valence electrons. The summed E-state index contributed by atoms with van der Waals surface area (Å²) in [6.45, 7) is 3.31. The van der Waals surface area contributed by atoms with E-state index in [4.69, 9.17) is 4.74 Å². The number of amides is 1. The van der Waals surface area contributed by atoms with E-state index in [-0.39, 0.29) is 17.9 Å². The molecule has 3 heterocycles. The van der Waals surface area contributed by atoms with Crippen LogP contribution in [0.15, 0.2) is 30.6 Å². The van der Waals surface area contributed by atoms with Crippen molar-refractivity contribution in [1.82, 2.24) is 20.5 Å². The lowest BCUT2D eigenvalue weighted by molar-refractivity contribution is 0.0920. The number of aromatic amines is 1. The molecule has 6 nitrogen and oxygen atoms in total. The second-order valence-corrected chi connectivity index (χ2v) is 5.97. The molecular weight excluding hydrogens is 292 g/mol. The summed E-state index contributed by atoms with van der Waals surface area (Å²) in [5.41, 5.74) is 2.65. The summed E-state index contributed by atoms with van der Waals surface area (Å²) in [4.78, 5) is 16.4. The first-order valence-corrected chi connectivity index (χ1v) is 8.08. The van der Waals surface area contributed by atoms with E-state index in [0.717, 1.165) is 25.0 Å². The zero-order chi connectivity index (χ0) is 16.1. The van der Waals surface area contributed by atoms with Crippen LogP contribution in [-0.2, 0) is 17.6 Å². The summed E-state index contributed by atoms with van der Waals surface area (Å²) in [6.07, 6.45) is 6.37. The standard InChI is InChI=1S/C17H22N4O2/c1-2-3-14-9-15(21-20-14)17(22)19-16-11-23-10-13(16)8-12-4-6-18-7-5-12/h4-7,9,13,16H,2-3,8,10-11H2,1H3,(H,19,22)(H,20,21)/t13-,16-/m1/s1. The Hall–Kier alpha value is -2.21. The van der Waals surface area contributed by atoms with Gasteiger partial charge in [0.15, 0.2) is 0 Å². The van der Waals surface area contributed by atoms with E-state index in [2.05, 4.69) is 27.4 Å². The van der Waals surface area contributed by atoms with E-state index in [9.17, 15) is 4.79 Å². The van der Waals surface area contributed by atoms with Gasteiger partial charge in [0.05, 0.1) is 19.3 Å². The maximum absolute atomic E-state index is 12.4. The van der Waals surface area contributed by atoms with E-state index in [1.54, 1.807) is 12.4 Å². The van der Waals surface area contributed by atoms with Crippen LogP contribution in [0.1, 0.15) is 35.1 Å². The lowest BCUT2D eigenvalue weighted by atomic mass is 9.95. The van der Waals surface area contributed by atoms with Gasteiger partial charge >= 0.3 is 0 Å². The zero-order valence-electron chi connectivity index (χ0n) is 13.3. The highest BCUT2D eigenvalue weighted by atomic mass is 16.5. The van der Waals surface area contributed by atoms with Gasteiger partial charge in [0, 0.05) is 24.0 Å². The predicted octanol–water partition coefficient (Wildman–Crippen LogP) is 1.74. The third kappa shape index (κ3) is 3.96.